The normalized spacial score (nSPS) is 35.5. The third-order valence-electron chi connectivity index (χ3n) is 3.09. The Morgan fingerprint density at radius 1 is 1.17 bits per heavy atom. The molecule has 1 aliphatic rings. The summed E-state index contributed by atoms with van der Waals surface area (Å²) < 4.78 is 0. The Hall–Kier alpha value is -0.0400. The first-order valence-corrected chi connectivity index (χ1v) is 5.07. The lowest BCUT2D eigenvalue weighted by Crippen LogP contribution is -2.39. The first kappa shape index (κ1) is 10.0. The summed E-state index contributed by atoms with van der Waals surface area (Å²) in [4.78, 5) is 2.39. The molecule has 0 radical (unpaired) electrons. The van der Waals surface area contributed by atoms with E-state index in [4.69, 9.17) is 0 Å². The van der Waals surface area contributed by atoms with Crippen molar-refractivity contribution in [3.63, 3.8) is 0 Å². The van der Waals surface area contributed by atoms with Crippen molar-refractivity contribution in [2.75, 3.05) is 14.1 Å². The van der Waals surface area contributed by atoms with E-state index in [1.165, 1.54) is 19.3 Å². The van der Waals surface area contributed by atoms with Crippen molar-refractivity contribution in [3.05, 3.63) is 0 Å². The van der Waals surface area contributed by atoms with Gasteiger partial charge in [0, 0.05) is 6.04 Å². The molecule has 1 nitrogen and oxygen atoms in total. The van der Waals surface area contributed by atoms with Gasteiger partial charge in [-0.1, -0.05) is 20.8 Å². The molecular weight excluding hydrogens is 146 g/mol. The maximum atomic E-state index is 2.40. The smallest absolute Gasteiger partial charge is 0.00967 e. The van der Waals surface area contributed by atoms with Crippen LogP contribution in [0.3, 0.4) is 0 Å². The van der Waals surface area contributed by atoms with Crippen molar-refractivity contribution in [3.8, 4) is 0 Å². The van der Waals surface area contributed by atoms with E-state index >= 15 is 0 Å². The average Bonchev–Trinajstić information content (AvgIpc) is 1.82. The van der Waals surface area contributed by atoms with Crippen LogP contribution in [0, 0.1) is 11.3 Å². The summed E-state index contributed by atoms with van der Waals surface area (Å²) in [6.07, 6.45) is 4.15. The van der Waals surface area contributed by atoms with Gasteiger partial charge in [-0.25, -0.2) is 0 Å². The molecule has 12 heavy (non-hydrogen) atoms. The second-order valence-electron chi connectivity index (χ2n) is 5.53. The lowest BCUT2D eigenvalue weighted by Gasteiger charge is -2.41. The first-order valence-electron chi connectivity index (χ1n) is 5.07. The number of hydrogen-bond donors (Lipinski definition) is 0. The van der Waals surface area contributed by atoms with E-state index in [1.54, 1.807) is 0 Å². The molecule has 0 unspecified atom stereocenters. The SMILES string of the molecule is C[C@@H]1C[C@H](N(C)C)CC(C)(C)C1. The van der Waals surface area contributed by atoms with Crippen LogP contribution in [0.1, 0.15) is 40.0 Å². The predicted octanol–water partition coefficient (Wildman–Crippen LogP) is 2.76. The van der Waals surface area contributed by atoms with Crippen LogP contribution in [-0.2, 0) is 0 Å². The molecule has 72 valence electrons. The topological polar surface area (TPSA) is 3.24 Å². The highest BCUT2D eigenvalue weighted by molar-refractivity contribution is 4.86. The minimum absolute atomic E-state index is 0.562. The van der Waals surface area contributed by atoms with Gasteiger partial charge in [0.25, 0.3) is 0 Å². The van der Waals surface area contributed by atoms with Gasteiger partial charge in [-0.15, -0.1) is 0 Å². The van der Waals surface area contributed by atoms with Crippen molar-refractivity contribution in [2.24, 2.45) is 11.3 Å². The molecule has 0 heterocycles. The minimum Gasteiger partial charge on any atom is -0.306 e. The van der Waals surface area contributed by atoms with Crippen LogP contribution < -0.4 is 0 Å². The summed E-state index contributed by atoms with van der Waals surface area (Å²) in [5, 5.41) is 0. The van der Waals surface area contributed by atoms with Gasteiger partial charge < -0.3 is 4.90 Å². The molecule has 0 amide bonds. The highest BCUT2D eigenvalue weighted by atomic mass is 15.1. The van der Waals surface area contributed by atoms with Gasteiger partial charge >= 0.3 is 0 Å². The fourth-order valence-corrected chi connectivity index (χ4v) is 2.69. The molecule has 1 fully saturated rings. The van der Waals surface area contributed by atoms with Crippen molar-refractivity contribution >= 4 is 0 Å². The Bertz CT molecular complexity index is 149. The number of rotatable bonds is 1. The van der Waals surface area contributed by atoms with Crippen LogP contribution >= 0.6 is 0 Å². The molecule has 0 aromatic heterocycles. The van der Waals surface area contributed by atoms with E-state index in [9.17, 15) is 0 Å². The van der Waals surface area contributed by atoms with Gasteiger partial charge in [0.2, 0.25) is 0 Å². The second-order valence-corrected chi connectivity index (χ2v) is 5.53. The van der Waals surface area contributed by atoms with E-state index in [2.05, 4.69) is 39.8 Å². The van der Waals surface area contributed by atoms with Gasteiger partial charge in [0.15, 0.2) is 0 Å². The van der Waals surface area contributed by atoms with Gasteiger partial charge in [-0.3, -0.25) is 0 Å². The maximum Gasteiger partial charge on any atom is 0.00967 e. The standard InChI is InChI=1S/C11H23N/c1-9-6-10(12(4)5)8-11(2,3)7-9/h9-10H,6-8H2,1-5H3/t9-,10+/m1/s1. The molecule has 0 spiro atoms. The van der Waals surface area contributed by atoms with E-state index in [0.717, 1.165) is 12.0 Å². The molecule has 0 saturated heterocycles. The zero-order valence-electron chi connectivity index (χ0n) is 9.22. The van der Waals surface area contributed by atoms with Crippen LogP contribution in [0.2, 0.25) is 0 Å². The van der Waals surface area contributed by atoms with Gasteiger partial charge in [-0.2, -0.15) is 0 Å². The maximum absolute atomic E-state index is 2.40. The Morgan fingerprint density at radius 3 is 2.17 bits per heavy atom. The Morgan fingerprint density at radius 2 is 1.75 bits per heavy atom. The molecular formula is C11H23N. The monoisotopic (exact) mass is 169 g/mol. The molecule has 2 atom stereocenters. The summed E-state index contributed by atoms with van der Waals surface area (Å²) in [6.45, 7) is 7.19. The van der Waals surface area contributed by atoms with Crippen molar-refractivity contribution < 1.29 is 0 Å². The van der Waals surface area contributed by atoms with Crippen molar-refractivity contribution in [1.29, 1.82) is 0 Å². The predicted molar refractivity (Wildman–Crippen MR) is 54.3 cm³/mol. The van der Waals surface area contributed by atoms with E-state index in [0.29, 0.717) is 5.41 Å². The third-order valence-corrected chi connectivity index (χ3v) is 3.09. The first-order chi connectivity index (χ1) is 5.41. The molecule has 1 rings (SSSR count). The Balaban J connectivity index is 2.58. The van der Waals surface area contributed by atoms with Crippen LogP contribution in [0.15, 0.2) is 0 Å². The quantitative estimate of drug-likeness (QED) is 0.583. The van der Waals surface area contributed by atoms with Crippen molar-refractivity contribution in [2.45, 2.75) is 46.1 Å². The number of nitrogens with zero attached hydrogens (tertiary/aromatic N) is 1. The highest BCUT2D eigenvalue weighted by Crippen LogP contribution is 2.39. The highest BCUT2D eigenvalue weighted by Gasteiger charge is 2.32. The molecule has 0 aliphatic heterocycles. The summed E-state index contributed by atoms with van der Waals surface area (Å²) in [5.74, 6) is 0.904. The summed E-state index contributed by atoms with van der Waals surface area (Å²) in [5.41, 5.74) is 0.562. The number of hydrogen-bond acceptors (Lipinski definition) is 1. The Kier molecular flexibility index (Phi) is 2.82. The fourth-order valence-electron chi connectivity index (χ4n) is 2.69. The molecule has 0 aromatic carbocycles. The summed E-state index contributed by atoms with van der Waals surface area (Å²) in [7, 11) is 4.41. The van der Waals surface area contributed by atoms with Crippen LogP contribution in [0.25, 0.3) is 0 Å². The van der Waals surface area contributed by atoms with Crippen LogP contribution in [-0.4, -0.2) is 25.0 Å². The van der Waals surface area contributed by atoms with Gasteiger partial charge in [0.1, 0.15) is 0 Å². The molecule has 1 saturated carbocycles. The second kappa shape index (κ2) is 3.37. The van der Waals surface area contributed by atoms with Crippen LogP contribution in [0.4, 0.5) is 0 Å². The molecule has 1 aliphatic carbocycles. The zero-order valence-corrected chi connectivity index (χ0v) is 9.22. The average molecular weight is 169 g/mol. The summed E-state index contributed by atoms with van der Waals surface area (Å²) in [6, 6.07) is 0.809. The lowest BCUT2D eigenvalue weighted by atomic mass is 9.70. The largest absolute Gasteiger partial charge is 0.306 e. The van der Waals surface area contributed by atoms with E-state index in [1.807, 2.05) is 0 Å². The molecule has 0 N–H and O–H groups in total. The van der Waals surface area contributed by atoms with Gasteiger partial charge in [0.05, 0.1) is 0 Å². The molecule has 0 bridgehead atoms. The lowest BCUT2D eigenvalue weighted by molar-refractivity contribution is 0.0974. The van der Waals surface area contributed by atoms with Gasteiger partial charge in [-0.05, 0) is 44.7 Å². The zero-order chi connectivity index (χ0) is 9.35. The van der Waals surface area contributed by atoms with E-state index < -0.39 is 0 Å². The third kappa shape index (κ3) is 2.48. The molecule has 0 aromatic rings. The fraction of sp³-hybridized carbons (Fsp3) is 1.00. The minimum atomic E-state index is 0.562. The molecule has 1 heteroatoms. The van der Waals surface area contributed by atoms with Crippen molar-refractivity contribution in [1.82, 2.24) is 4.90 Å². The van der Waals surface area contributed by atoms with Crippen LogP contribution in [0.5, 0.6) is 0 Å². The van der Waals surface area contributed by atoms with E-state index in [-0.39, 0.29) is 0 Å². The Labute approximate surface area is 77.1 Å². The summed E-state index contributed by atoms with van der Waals surface area (Å²) >= 11 is 0.